The van der Waals surface area contributed by atoms with Crippen LogP contribution in [0.4, 0.5) is 15.8 Å². The topological polar surface area (TPSA) is 69.1 Å². The van der Waals surface area contributed by atoms with Gasteiger partial charge in [0.1, 0.15) is 0 Å². The molecule has 0 atom stereocenters. The molecule has 0 spiro atoms. The fourth-order valence-electron chi connectivity index (χ4n) is 0.926. The Labute approximate surface area is 69.2 Å². The lowest BCUT2D eigenvalue weighted by Gasteiger charge is -2.03. The van der Waals surface area contributed by atoms with Crippen LogP contribution >= 0.6 is 0 Å². The minimum atomic E-state index is -0.698. The van der Waals surface area contributed by atoms with Gasteiger partial charge in [-0.2, -0.15) is 0 Å². The lowest BCUT2D eigenvalue weighted by atomic mass is 10.1. The Kier molecular flexibility index (Phi) is 1.99. The quantitative estimate of drug-likeness (QED) is 0.489. The van der Waals surface area contributed by atoms with Crippen LogP contribution in [-0.4, -0.2) is 5.78 Å². The summed E-state index contributed by atoms with van der Waals surface area (Å²) in [6, 6.07) is 2.55. The normalized spacial score (nSPS) is 9.83. The van der Waals surface area contributed by atoms with E-state index in [9.17, 15) is 9.18 Å². The molecule has 0 saturated carbocycles. The molecule has 0 aromatic heterocycles. The summed E-state index contributed by atoms with van der Waals surface area (Å²) < 4.78 is 13.0. The van der Waals surface area contributed by atoms with Crippen LogP contribution in [0, 0.1) is 5.82 Å². The number of anilines is 2. The Morgan fingerprint density at radius 3 is 2.50 bits per heavy atom. The number of benzene rings is 1. The number of hydrogen-bond donors (Lipinski definition) is 2. The van der Waals surface area contributed by atoms with Gasteiger partial charge in [0.15, 0.2) is 11.6 Å². The molecule has 0 fully saturated rings. The van der Waals surface area contributed by atoms with E-state index in [0.29, 0.717) is 5.69 Å². The first-order chi connectivity index (χ1) is 5.52. The van der Waals surface area contributed by atoms with Gasteiger partial charge in [0.2, 0.25) is 0 Å². The van der Waals surface area contributed by atoms with Crippen molar-refractivity contribution in [1.82, 2.24) is 0 Å². The Balaban J connectivity index is 3.37. The summed E-state index contributed by atoms with van der Waals surface area (Å²) in [5, 5.41) is 0. The molecule has 4 N–H and O–H groups in total. The molecule has 1 aromatic carbocycles. The van der Waals surface area contributed by atoms with Crippen LogP contribution in [0.5, 0.6) is 0 Å². The summed E-state index contributed by atoms with van der Waals surface area (Å²) in [7, 11) is 0. The molecule has 4 heteroatoms. The molecule has 1 rings (SSSR count). The largest absolute Gasteiger partial charge is 0.399 e. The van der Waals surface area contributed by atoms with E-state index in [-0.39, 0.29) is 17.0 Å². The van der Waals surface area contributed by atoms with E-state index in [0.717, 1.165) is 0 Å². The summed E-state index contributed by atoms with van der Waals surface area (Å²) >= 11 is 0. The highest BCUT2D eigenvalue weighted by atomic mass is 19.1. The zero-order valence-corrected chi connectivity index (χ0v) is 6.60. The van der Waals surface area contributed by atoms with Gasteiger partial charge in [-0.1, -0.05) is 0 Å². The average Bonchev–Trinajstić information content (AvgIpc) is 1.96. The highest BCUT2D eigenvalue weighted by Crippen LogP contribution is 2.19. The van der Waals surface area contributed by atoms with Crippen molar-refractivity contribution in [2.24, 2.45) is 0 Å². The van der Waals surface area contributed by atoms with Gasteiger partial charge >= 0.3 is 0 Å². The highest BCUT2D eigenvalue weighted by Gasteiger charge is 2.10. The van der Waals surface area contributed by atoms with Crippen LogP contribution in [0.1, 0.15) is 17.3 Å². The van der Waals surface area contributed by atoms with Crippen molar-refractivity contribution in [3.05, 3.63) is 23.5 Å². The number of rotatable bonds is 1. The fourth-order valence-corrected chi connectivity index (χ4v) is 0.926. The molecule has 1 aromatic rings. The number of halogens is 1. The van der Waals surface area contributed by atoms with Gasteiger partial charge in [-0.05, 0) is 19.1 Å². The van der Waals surface area contributed by atoms with Crippen LogP contribution in [0.15, 0.2) is 12.1 Å². The third kappa shape index (κ3) is 1.37. The predicted molar refractivity (Wildman–Crippen MR) is 45.2 cm³/mol. The predicted octanol–water partition coefficient (Wildman–Crippen LogP) is 1.19. The molecule has 0 amide bonds. The van der Waals surface area contributed by atoms with E-state index >= 15 is 0 Å². The lowest BCUT2D eigenvalue weighted by Crippen LogP contribution is -2.03. The Hall–Kier alpha value is -1.58. The summed E-state index contributed by atoms with van der Waals surface area (Å²) in [5.41, 5.74) is 10.8. The summed E-state index contributed by atoms with van der Waals surface area (Å²) in [6.45, 7) is 1.26. The Morgan fingerprint density at radius 2 is 2.00 bits per heavy atom. The second-order valence-corrected chi connectivity index (χ2v) is 2.53. The Bertz CT molecular complexity index is 336. The highest BCUT2D eigenvalue weighted by molar-refractivity contribution is 5.96. The summed E-state index contributed by atoms with van der Waals surface area (Å²) in [6.07, 6.45) is 0. The van der Waals surface area contributed by atoms with Crippen molar-refractivity contribution in [2.45, 2.75) is 6.92 Å². The molecule has 0 aliphatic carbocycles. The molecule has 0 aliphatic rings. The summed E-state index contributed by atoms with van der Waals surface area (Å²) in [4.78, 5) is 10.8. The van der Waals surface area contributed by atoms with Crippen molar-refractivity contribution in [3.63, 3.8) is 0 Å². The van der Waals surface area contributed by atoms with Gasteiger partial charge in [-0.25, -0.2) is 4.39 Å². The van der Waals surface area contributed by atoms with Crippen LogP contribution < -0.4 is 11.5 Å². The molecule has 3 nitrogen and oxygen atoms in total. The lowest BCUT2D eigenvalue weighted by molar-refractivity contribution is 0.101. The minimum absolute atomic E-state index is 0.0625. The van der Waals surface area contributed by atoms with E-state index in [2.05, 4.69) is 0 Å². The van der Waals surface area contributed by atoms with Crippen LogP contribution in [0.3, 0.4) is 0 Å². The number of hydrogen-bond acceptors (Lipinski definition) is 3. The molecular formula is C8H9FN2O. The van der Waals surface area contributed by atoms with E-state index < -0.39 is 5.82 Å². The van der Waals surface area contributed by atoms with Crippen LogP contribution in [0.25, 0.3) is 0 Å². The first kappa shape index (κ1) is 8.52. The number of carbonyl (C=O) groups is 1. The molecule has 0 bridgehead atoms. The van der Waals surface area contributed by atoms with Crippen LogP contribution in [0.2, 0.25) is 0 Å². The van der Waals surface area contributed by atoms with Gasteiger partial charge in [0.25, 0.3) is 0 Å². The molecule has 0 unspecified atom stereocenters. The fraction of sp³-hybridized carbons (Fsp3) is 0.125. The van der Waals surface area contributed by atoms with Crippen molar-refractivity contribution in [1.29, 1.82) is 0 Å². The molecular weight excluding hydrogens is 159 g/mol. The minimum Gasteiger partial charge on any atom is -0.399 e. The number of nitrogens with two attached hydrogens (primary N) is 2. The van der Waals surface area contributed by atoms with Crippen LogP contribution in [-0.2, 0) is 0 Å². The number of nitrogen functional groups attached to an aromatic ring is 2. The third-order valence-electron chi connectivity index (χ3n) is 1.50. The van der Waals surface area contributed by atoms with Gasteiger partial charge < -0.3 is 11.5 Å². The Morgan fingerprint density at radius 1 is 1.42 bits per heavy atom. The first-order valence-electron chi connectivity index (χ1n) is 3.38. The van der Waals surface area contributed by atoms with E-state index in [1.54, 1.807) is 0 Å². The molecule has 0 saturated heterocycles. The molecule has 0 radical (unpaired) electrons. The van der Waals surface area contributed by atoms with Crippen molar-refractivity contribution in [3.8, 4) is 0 Å². The molecule has 0 aliphatic heterocycles. The zero-order valence-electron chi connectivity index (χ0n) is 6.60. The van der Waals surface area contributed by atoms with Gasteiger partial charge in [0.05, 0.1) is 11.3 Å². The second-order valence-electron chi connectivity index (χ2n) is 2.53. The third-order valence-corrected chi connectivity index (χ3v) is 1.50. The smallest absolute Gasteiger partial charge is 0.162 e. The first-order valence-corrected chi connectivity index (χ1v) is 3.38. The average molecular weight is 168 g/mol. The summed E-state index contributed by atoms with van der Waals surface area (Å²) in [5.74, 6) is -1.08. The van der Waals surface area contributed by atoms with Crippen molar-refractivity contribution in [2.75, 3.05) is 11.5 Å². The number of Topliss-reactive ketones (excluding diaryl/α,β-unsaturated/α-hetero) is 1. The van der Waals surface area contributed by atoms with Gasteiger partial charge in [-0.15, -0.1) is 0 Å². The maximum atomic E-state index is 13.0. The molecule has 0 heterocycles. The zero-order chi connectivity index (χ0) is 9.30. The second kappa shape index (κ2) is 2.81. The van der Waals surface area contributed by atoms with E-state index in [4.69, 9.17) is 11.5 Å². The van der Waals surface area contributed by atoms with E-state index in [1.165, 1.54) is 19.1 Å². The number of carbonyl (C=O) groups excluding carboxylic acids is 1. The van der Waals surface area contributed by atoms with Crippen molar-refractivity contribution >= 4 is 17.2 Å². The SMILES string of the molecule is CC(=O)c1cc(N)cc(N)c1F. The standard InChI is InChI=1S/C8H9FN2O/c1-4(12)6-2-5(10)3-7(11)8(6)9/h2-3H,10-11H2,1H3. The maximum absolute atomic E-state index is 13.0. The van der Waals surface area contributed by atoms with Gasteiger partial charge in [-0.3, -0.25) is 4.79 Å². The van der Waals surface area contributed by atoms with E-state index in [1.807, 2.05) is 0 Å². The van der Waals surface area contributed by atoms with Crippen molar-refractivity contribution < 1.29 is 9.18 Å². The molecule has 64 valence electrons. The monoisotopic (exact) mass is 168 g/mol. The van der Waals surface area contributed by atoms with Gasteiger partial charge in [0, 0.05) is 5.69 Å². The molecule has 12 heavy (non-hydrogen) atoms. The maximum Gasteiger partial charge on any atom is 0.162 e. The number of ketones is 1.